The molecule has 0 saturated heterocycles. The van der Waals surface area contributed by atoms with Crippen LogP contribution in [0.25, 0.3) is 0 Å². The lowest BCUT2D eigenvalue weighted by Gasteiger charge is -2.23. The van der Waals surface area contributed by atoms with Crippen LogP contribution in [0.1, 0.15) is 25.0 Å². The lowest BCUT2D eigenvalue weighted by Crippen LogP contribution is -2.35. The van der Waals surface area contributed by atoms with Crippen molar-refractivity contribution in [1.29, 1.82) is 0 Å². The van der Waals surface area contributed by atoms with Crippen LogP contribution >= 0.6 is 0 Å². The van der Waals surface area contributed by atoms with Crippen molar-refractivity contribution in [3.8, 4) is 12.3 Å². The molecule has 1 N–H and O–H groups in total. The van der Waals surface area contributed by atoms with Gasteiger partial charge in [0, 0.05) is 7.11 Å². The summed E-state index contributed by atoms with van der Waals surface area (Å²) in [5.74, 6) is 2.75. The van der Waals surface area contributed by atoms with Crippen LogP contribution in [-0.4, -0.2) is 19.7 Å². The fourth-order valence-electron chi connectivity index (χ4n) is 1.66. The number of benzene rings is 1. The highest BCUT2D eigenvalue weighted by molar-refractivity contribution is 5.22. The maximum atomic E-state index is 5.53. The van der Waals surface area contributed by atoms with Gasteiger partial charge in [-0.3, -0.25) is 0 Å². The Labute approximate surface area is 98.0 Å². The smallest absolute Gasteiger partial charge is 0.109 e. The highest BCUT2D eigenvalue weighted by Gasteiger charge is 2.19. The topological polar surface area (TPSA) is 21.3 Å². The zero-order valence-electron chi connectivity index (χ0n) is 9.94. The van der Waals surface area contributed by atoms with Gasteiger partial charge < -0.3 is 10.1 Å². The first kappa shape index (κ1) is 12.8. The molecule has 0 aliphatic rings. The van der Waals surface area contributed by atoms with Gasteiger partial charge in [0.25, 0.3) is 0 Å². The summed E-state index contributed by atoms with van der Waals surface area (Å²) < 4.78 is 5.48. The van der Waals surface area contributed by atoms with Crippen molar-refractivity contribution in [1.82, 2.24) is 5.32 Å². The van der Waals surface area contributed by atoms with Crippen molar-refractivity contribution in [2.24, 2.45) is 0 Å². The van der Waals surface area contributed by atoms with E-state index in [1.807, 2.05) is 30.3 Å². The average Bonchev–Trinajstić information content (AvgIpc) is 2.35. The lowest BCUT2D eigenvalue weighted by atomic mass is 10.0. The summed E-state index contributed by atoms with van der Waals surface area (Å²) >= 11 is 0. The first-order chi connectivity index (χ1) is 7.83. The molecule has 0 spiro atoms. The minimum absolute atomic E-state index is 0.0765. The summed E-state index contributed by atoms with van der Waals surface area (Å²) in [6.45, 7) is 3.02. The van der Waals surface area contributed by atoms with Gasteiger partial charge in [0.15, 0.2) is 0 Å². The molecule has 0 saturated carbocycles. The number of nitrogens with one attached hydrogen (secondary N) is 1. The molecule has 2 nitrogen and oxygen atoms in total. The second-order valence-corrected chi connectivity index (χ2v) is 3.67. The summed E-state index contributed by atoms with van der Waals surface area (Å²) in [4.78, 5) is 0. The van der Waals surface area contributed by atoms with Gasteiger partial charge >= 0.3 is 0 Å². The molecule has 2 atom stereocenters. The van der Waals surface area contributed by atoms with Gasteiger partial charge in [-0.25, -0.2) is 0 Å². The summed E-state index contributed by atoms with van der Waals surface area (Å²) in [5.41, 5.74) is 1.11. The van der Waals surface area contributed by atoms with Gasteiger partial charge in [-0.05, 0) is 18.5 Å². The van der Waals surface area contributed by atoms with Crippen molar-refractivity contribution in [2.45, 2.75) is 25.5 Å². The Balaban J connectivity index is 2.76. The largest absolute Gasteiger partial charge is 0.374 e. The average molecular weight is 217 g/mol. The van der Waals surface area contributed by atoms with E-state index in [9.17, 15) is 0 Å². The molecule has 0 amide bonds. The van der Waals surface area contributed by atoms with E-state index in [1.165, 1.54) is 0 Å². The maximum Gasteiger partial charge on any atom is 0.109 e. The van der Waals surface area contributed by atoms with Gasteiger partial charge in [-0.1, -0.05) is 43.2 Å². The van der Waals surface area contributed by atoms with Crippen molar-refractivity contribution < 1.29 is 4.74 Å². The summed E-state index contributed by atoms with van der Waals surface area (Å²) in [7, 11) is 1.69. The molecule has 0 radical (unpaired) electrons. The van der Waals surface area contributed by atoms with E-state index in [0.717, 1.165) is 18.5 Å². The molecular weight excluding hydrogens is 198 g/mol. The Morgan fingerprint density at radius 2 is 2.06 bits per heavy atom. The SMILES string of the molecule is C#CC(NCCC)C(OC)c1ccccc1. The number of hydrogen-bond donors (Lipinski definition) is 1. The van der Waals surface area contributed by atoms with Crippen molar-refractivity contribution in [3.05, 3.63) is 35.9 Å². The molecule has 0 bridgehead atoms. The van der Waals surface area contributed by atoms with Crippen molar-refractivity contribution in [2.75, 3.05) is 13.7 Å². The van der Waals surface area contributed by atoms with Crippen LogP contribution in [0.15, 0.2) is 30.3 Å². The minimum Gasteiger partial charge on any atom is -0.374 e. The minimum atomic E-state index is -0.0854. The van der Waals surface area contributed by atoms with Crippen LogP contribution < -0.4 is 5.32 Å². The van der Waals surface area contributed by atoms with Gasteiger partial charge in [0.1, 0.15) is 6.10 Å². The quantitative estimate of drug-likeness (QED) is 0.739. The lowest BCUT2D eigenvalue weighted by molar-refractivity contribution is 0.0846. The van der Waals surface area contributed by atoms with Gasteiger partial charge in [-0.2, -0.15) is 0 Å². The maximum absolute atomic E-state index is 5.53. The van der Waals surface area contributed by atoms with Crippen molar-refractivity contribution in [3.63, 3.8) is 0 Å². The van der Waals surface area contributed by atoms with E-state index < -0.39 is 0 Å². The second kappa shape index (κ2) is 7.05. The highest BCUT2D eigenvalue weighted by Crippen LogP contribution is 2.19. The third-order valence-electron chi connectivity index (χ3n) is 2.48. The molecule has 2 unspecified atom stereocenters. The van der Waals surface area contributed by atoms with E-state index in [-0.39, 0.29) is 12.1 Å². The summed E-state index contributed by atoms with van der Waals surface area (Å²) in [6, 6.07) is 9.97. The molecule has 2 heteroatoms. The summed E-state index contributed by atoms with van der Waals surface area (Å²) in [5, 5.41) is 3.31. The van der Waals surface area contributed by atoms with E-state index in [0.29, 0.717) is 0 Å². The third-order valence-corrected chi connectivity index (χ3v) is 2.48. The number of terminal acetylenes is 1. The van der Waals surface area contributed by atoms with E-state index >= 15 is 0 Å². The van der Waals surface area contributed by atoms with Crippen LogP contribution in [0.4, 0.5) is 0 Å². The number of hydrogen-bond acceptors (Lipinski definition) is 2. The van der Waals surface area contributed by atoms with E-state index in [4.69, 9.17) is 11.2 Å². The molecule has 86 valence electrons. The number of methoxy groups -OCH3 is 1. The molecule has 1 aromatic carbocycles. The Hall–Kier alpha value is -1.30. The summed E-state index contributed by atoms with van der Waals surface area (Å²) in [6.07, 6.45) is 6.51. The highest BCUT2D eigenvalue weighted by atomic mass is 16.5. The Morgan fingerprint density at radius 3 is 2.56 bits per heavy atom. The zero-order valence-corrected chi connectivity index (χ0v) is 9.94. The van der Waals surface area contributed by atoms with Crippen LogP contribution in [0, 0.1) is 12.3 Å². The van der Waals surface area contributed by atoms with Gasteiger partial charge in [0.05, 0.1) is 6.04 Å². The Morgan fingerprint density at radius 1 is 1.38 bits per heavy atom. The predicted octanol–water partition coefficient (Wildman–Crippen LogP) is 2.38. The molecule has 0 fully saturated rings. The third kappa shape index (κ3) is 3.37. The molecule has 1 rings (SSSR count). The molecule has 0 aromatic heterocycles. The zero-order chi connectivity index (χ0) is 11.8. The van der Waals surface area contributed by atoms with Gasteiger partial charge in [-0.15, -0.1) is 6.42 Å². The predicted molar refractivity (Wildman–Crippen MR) is 67.1 cm³/mol. The van der Waals surface area contributed by atoms with Crippen LogP contribution in [-0.2, 0) is 4.74 Å². The van der Waals surface area contributed by atoms with Gasteiger partial charge in [0.2, 0.25) is 0 Å². The first-order valence-corrected chi connectivity index (χ1v) is 5.60. The monoisotopic (exact) mass is 217 g/mol. The second-order valence-electron chi connectivity index (χ2n) is 3.67. The van der Waals surface area contributed by atoms with Crippen LogP contribution in [0.5, 0.6) is 0 Å². The van der Waals surface area contributed by atoms with Crippen LogP contribution in [0.3, 0.4) is 0 Å². The van der Waals surface area contributed by atoms with Crippen molar-refractivity contribution >= 4 is 0 Å². The number of ether oxygens (including phenoxy) is 1. The molecular formula is C14H19NO. The number of rotatable bonds is 6. The first-order valence-electron chi connectivity index (χ1n) is 5.60. The normalized spacial score (nSPS) is 14.1. The molecule has 0 aliphatic heterocycles. The molecule has 0 heterocycles. The molecule has 1 aromatic rings. The van der Waals surface area contributed by atoms with E-state index in [2.05, 4.69) is 18.2 Å². The fraction of sp³-hybridized carbons (Fsp3) is 0.429. The Kier molecular flexibility index (Phi) is 5.63. The fourth-order valence-corrected chi connectivity index (χ4v) is 1.66. The molecule has 16 heavy (non-hydrogen) atoms. The Bertz CT molecular complexity index is 328. The van der Waals surface area contributed by atoms with Crippen LogP contribution in [0.2, 0.25) is 0 Å². The standard InChI is InChI=1S/C14H19NO/c1-4-11-15-13(5-2)14(16-3)12-9-7-6-8-10-12/h2,6-10,13-15H,4,11H2,1,3H3. The van der Waals surface area contributed by atoms with E-state index in [1.54, 1.807) is 7.11 Å². The molecule has 0 aliphatic carbocycles.